The number of nitrogens with zero attached hydrogens (tertiary/aromatic N) is 3. The summed E-state index contributed by atoms with van der Waals surface area (Å²) in [4.78, 5) is 6.56. The van der Waals surface area contributed by atoms with Crippen molar-refractivity contribution in [2.45, 2.75) is 30.0 Å². The van der Waals surface area contributed by atoms with Crippen LogP contribution >= 0.6 is 0 Å². The standard InChI is InChI=1S/C24H20N2O3.C5H12N2/c1-28-20-14-26-15-21-22(20)23(27)12-11-19(17-5-3-2-4-6-17)24(23,29-21)18-9-7-16(13-25)8-10-18;1-7-4-2-6-3-5-7/h2-10,14-15,19,27H,11-12H2,1H3;6H,2-5H2,1H3. The molecule has 0 radical (unpaired) electrons. The molecule has 1 aliphatic carbocycles. The molecule has 3 aliphatic rings. The van der Waals surface area contributed by atoms with Crippen molar-refractivity contribution >= 4 is 0 Å². The van der Waals surface area contributed by atoms with Crippen LogP contribution < -0.4 is 14.8 Å². The summed E-state index contributed by atoms with van der Waals surface area (Å²) in [5.74, 6) is 0.991. The van der Waals surface area contributed by atoms with Crippen LogP contribution in [0.3, 0.4) is 0 Å². The highest BCUT2D eigenvalue weighted by molar-refractivity contribution is 5.57. The fourth-order valence-electron chi connectivity index (χ4n) is 5.89. The van der Waals surface area contributed by atoms with Gasteiger partial charge in [0.05, 0.1) is 36.7 Å². The Hall–Kier alpha value is -3.44. The third kappa shape index (κ3) is 3.92. The van der Waals surface area contributed by atoms with E-state index >= 15 is 0 Å². The molecule has 6 rings (SSSR count). The summed E-state index contributed by atoms with van der Waals surface area (Å²) in [6.45, 7) is 4.74. The number of ether oxygens (including phenoxy) is 2. The first-order valence-electron chi connectivity index (χ1n) is 12.4. The summed E-state index contributed by atoms with van der Waals surface area (Å²) < 4.78 is 12.2. The van der Waals surface area contributed by atoms with Crippen LogP contribution in [0.2, 0.25) is 0 Å². The van der Waals surface area contributed by atoms with Crippen LogP contribution in [0.4, 0.5) is 0 Å². The molecule has 7 nitrogen and oxygen atoms in total. The Morgan fingerprint density at radius 2 is 1.83 bits per heavy atom. The van der Waals surface area contributed by atoms with Crippen molar-refractivity contribution in [2.24, 2.45) is 0 Å². The van der Waals surface area contributed by atoms with Crippen molar-refractivity contribution in [3.8, 4) is 17.6 Å². The lowest BCUT2D eigenvalue weighted by Gasteiger charge is -2.40. The first-order valence-corrected chi connectivity index (χ1v) is 12.4. The third-order valence-corrected chi connectivity index (χ3v) is 7.67. The second-order valence-electron chi connectivity index (χ2n) is 9.66. The second kappa shape index (κ2) is 9.90. The van der Waals surface area contributed by atoms with Gasteiger partial charge in [-0.1, -0.05) is 42.5 Å². The van der Waals surface area contributed by atoms with Gasteiger partial charge in [-0.3, -0.25) is 4.98 Å². The van der Waals surface area contributed by atoms with Crippen LogP contribution in [-0.4, -0.2) is 55.3 Å². The van der Waals surface area contributed by atoms with Gasteiger partial charge in [-0.25, -0.2) is 0 Å². The van der Waals surface area contributed by atoms with E-state index < -0.39 is 11.2 Å². The first-order chi connectivity index (χ1) is 17.5. The lowest BCUT2D eigenvalue weighted by Crippen LogP contribution is -2.48. The number of nitriles is 1. The highest BCUT2D eigenvalue weighted by Gasteiger charge is 2.69. The molecule has 2 N–H and O–H groups in total. The molecule has 3 heterocycles. The zero-order valence-electron chi connectivity index (χ0n) is 20.8. The fourth-order valence-corrected chi connectivity index (χ4v) is 5.89. The smallest absolute Gasteiger partial charge is 0.174 e. The van der Waals surface area contributed by atoms with Crippen molar-refractivity contribution in [3.63, 3.8) is 0 Å². The molecule has 2 aliphatic heterocycles. The van der Waals surface area contributed by atoms with Crippen LogP contribution in [0.25, 0.3) is 0 Å². The minimum Gasteiger partial charge on any atom is -0.495 e. The summed E-state index contributed by atoms with van der Waals surface area (Å²) in [5.41, 5.74) is 0.860. The maximum Gasteiger partial charge on any atom is 0.174 e. The van der Waals surface area contributed by atoms with Gasteiger partial charge in [0.15, 0.2) is 5.60 Å². The highest BCUT2D eigenvalue weighted by Crippen LogP contribution is 2.67. The molecule has 7 heteroatoms. The molecule has 0 spiro atoms. The van der Waals surface area contributed by atoms with Crippen LogP contribution in [0.15, 0.2) is 67.0 Å². The van der Waals surface area contributed by atoms with Crippen molar-refractivity contribution in [2.75, 3.05) is 40.3 Å². The van der Waals surface area contributed by atoms with Gasteiger partial charge in [-0.05, 0) is 43.1 Å². The number of methoxy groups -OCH3 is 1. The Bertz CT molecular complexity index is 1240. The first kappa shape index (κ1) is 24.3. The Labute approximate surface area is 212 Å². The molecule has 1 saturated heterocycles. The van der Waals surface area contributed by atoms with Crippen molar-refractivity contribution in [1.82, 2.24) is 15.2 Å². The molecule has 0 bridgehead atoms. The van der Waals surface area contributed by atoms with E-state index in [1.54, 1.807) is 31.6 Å². The van der Waals surface area contributed by atoms with Crippen LogP contribution in [0, 0.1) is 11.3 Å². The van der Waals surface area contributed by atoms with Crippen molar-refractivity contribution in [1.29, 1.82) is 5.26 Å². The minimum atomic E-state index is -1.27. The predicted molar refractivity (Wildman–Crippen MR) is 137 cm³/mol. The molecular weight excluding hydrogens is 452 g/mol. The monoisotopic (exact) mass is 484 g/mol. The Balaban J connectivity index is 0.000000330. The second-order valence-corrected chi connectivity index (χ2v) is 9.66. The number of hydrogen-bond acceptors (Lipinski definition) is 7. The molecular formula is C29H32N4O3. The Kier molecular flexibility index (Phi) is 6.67. The minimum absolute atomic E-state index is 0.0706. The lowest BCUT2D eigenvalue weighted by molar-refractivity contribution is -0.106. The number of pyridine rings is 1. The van der Waals surface area contributed by atoms with Gasteiger partial charge >= 0.3 is 0 Å². The van der Waals surface area contributed by atoms with Gasteiger partial charge in [0, 0.05) is 32.1 Å². The van der Waals surface area contributed by atoms with E-state index in [1.165, 1.54) is 13.1 Å². The number of rotatable bonds is 3. The lowest BCUT2D eigenvalue weighted by atomic mass is 9.71. The SMILES string of the molecule is CN1CCNCC1.COc1cncc2c1C1(O)CCC(c3ccccc3)C1(c1ccc(C#N)cc1)O2. The van der Waals surface area contributed by atoms with Gasteiger partial charge in [0.2, 0.25) is 0 Å². The number of aliphatic hydroxyl groups is 1. The molecule has 36 heavy (non-hydrogen) atoms. The molecule has 2 fully saturated rings. The third-order valence-electron chi connectivity index (χ3n) is 7.67. The van der Waals surface area contributed by atoms with E-state index in [0.717, 1.165) is 30.6 Å². The average molecular weight is 485 g/mol. The largest absolute Gasteiger partial charge is 0.495 e. The molecule has 1 saturated carbocycles. The molecule has 1 aromatic heterocycles. The van der Waals surface area contributed by atoms with E-state index in [1.807, 2.05) is 30.3 Å². The van der Waals surface area contributed by atoms with Crippen molar-refractivity contribution < 1.29 is 14.6 Å². The number of likely N-dealkylation sites (N-methyl/N-ethyl adjacent to an activating group) is 1. The quantitative estimate of drug-likeness (QED) is 0.588. The molecule has 0 amide bonds. The van der Waals surface area contributed by atoms with Gasteiger partial charge in [0.25, 0.3) is 0 Å². The van der Waals surface area contributed by atoms with Gasteiger partial charge in [-0.15, -0.1) is 0 Å². The highest BCUT2D eigenvalue weighted by atomic mass is 16.5. The Morgan fingerprint density at radius 3 is 2.44 bits per heavy atom. The average Bonchev–Trinajstić information content (AvgIpc) is 3.37. The zero-order chi connectivity index (χ0) is 25.2. The van der Waals surface area contributed by atoms with E-state index in [-0.39, 0.29) is 5.92 Å². The number of benzene rings is 2. The summed E-state index contributed by atoms with van der Waals surface area (Å²) in [5, 5.41) is 24.6. The fraction of sp³-hybridized carbons (Fsp3) is 0.379. The van der Waals surface area contributed by atoms with Crippen LogP contribution in [0.5, 0.6) is 11.5 Å². The normalized spacial score (nSPS) is 26.6. The molecule has 3 unspecified atom stereocenters. The van der Waals surface area contributed by atoms with Crippen LogP contribution in [0.1, 0.15) is 41.0 Å². The van der Waals surface area contributed by atoms with E-state index in [9.17, 15) is 10.4 Å². The summed E-state index contributed by atoms with van der Waals surface area (Å²) >= 11 is 0. The molecule has 186 valence electrons. The molecule has 3 aromatic rings. The van der Waals surface area contributed by atoms with Crippen molar-refractivity contribution in [3.05, 3.63) is 89.2 Å². The van der Waals surface area contributed by atoms with Gasteiger partial charge < -0.3 is 24.8 Å². The number of aromatic nitrogens is 1. The maximum absolute atomic E-state index is 12.2. The van der Waals surface area contributed by atoms with E-state index in [4.69, 9.17) is 9.47 Å². The number of piperazine rings is 1. The van der Waals surface area contributed by atoms with E-state index in [0.29, 0.717) is 29.0 Å². The molecule has 3 atom stereocenters. The topological polar surface area (TPSA) is 90.6 Å². The molecule has 2 aromatic carbocycles. The summed E-state index contributed by atoms with van der Waals surface area (Å²) in [6.07, 6.45) is 4.54. The van der Waals surface area contributed by atoms with E-state index in [2.05, 4.69) is 40.5 Å². The number of nitrogens with one attached hydrogen (secondary N) is 1. The maximum atomic E-state index is 12.2. The summed E-state index contributed by atoms with van der Waals surface area (Å²) in [7, 11) is 3.73. The zero-order valence-corrected chi connectivity index (χ0v) is 20.8. The number of hydrogen-bond donors (Lipinski definition) is 2. The van der Waals surface area contributed by atoms with Gasteiger partial charge in [0.1, 0.15) is 17.1 Å². The summed E-state index contributed by atoms with van der Waals surface area (Å²) in [6, 6.07) is 19.6. The van der Waals surface area contributed by atoms with Gasteiger partial charge in [-0.2, -0.15) is 5.26 Å². The van der Waals surface area contributed by atoms with Crippen LogP contribution in [-0.2, 0) is 11.2 Å². The number of fused-ring (bicyclic) bond motifs is 3. The predicted octanol–water partition coefficient (Wildman–Crippen LogP) is 3.54. The Morgan fingerprint density at radius 1 is 1.11 bits per heavy atom.